The number of nitrogens with zero attached hydrogens (tertiary/aromatic N) is 5. The number of aromatic nitrogens is 3. The lowest BCUT2D eigenvalue weighted by atomic mass is 10.1. The molecule has 0 aliphatic carbocycles. The molecule has 5 aromatic rings. The average Bonchev–Trinajstić information content (AvgIpc) is 2.85. The highest BCUT2D eigenvalue weighted by molar-refractivity contribution is 7.80. The van der Waals surface area contributed by atoms with Crippen LogP contribution in [0.3, 0.4) is 0 Å². The van der Waals surface area contributed by atoms with Crippen molar-refractivity contribution < 1.29 is 10.2 Å². The molecule has 38 heavy (non-hydrogen) atoms. The Bertz CT molecular complexity index is 1710. The number of para-hydroxylation sites is 1. The first-order valence-electron chi connectivity index (χ1n) is 11.5. The van der Waals surface area contributed by atoms with E-state index in [1.54, 1.807) is 18.2 Å². The number of azo groups is 1. The summed E-state index contributed by atoms with van der Waals surface area (Å²) in [6.07, 6.45) is 0. The molecule has 0 saturated carbocycles. The van der Waals surface area contributed by atoms with Gasteiger partial charge in [0.25, 0.3) is 0 Å². The molecule has 5 rings (SSSR count). The Kier molecular flexibility index (Phi) is 7.03. The molecule has 0 bridgehead atoms. The van der Waals surface area contributed by atoms with Crippen LogP contribution in [0.1, 0.15) is 11.1 Å². The maximum atomic E-state index is 11.3. The Balaban J connectivity index is 1.56. The molecule has 0 spiro atoms. The van der Waals surface area contributed by atoms with Gasteiger partial charge in [0.1, 0.15) is 5.69 Å². The van der Waals surface area contributed by atoms with Crippen molar-refractivity contribution in [2.45, 2.75) is 23.6 Å². The molecule has 4 N–H and O–H groups in total. The van der Waals surface area contributed by atoms with Gasteiger partial charge in [-0.25, -0.2) is 0 Å². The van der Waals surface area contributed by atoms with E-state index in [0.29, 0.717) is 31.9 Å². The molecule has 0 radical (unpaired) electrons. The van der Waals surface area contributed by atoms with Crippen LogP contribution in [0.4, 0.5) is 34.6 Å². The number of benzene rings is 4. The fraction of sp³-hybridized carbons (Fsp3) is 0.0741. The predicted octanol–water partition coefficient (Wildman–Crippen LogP) is 7.53. The van der Waals surface area contributed by atoms with E-state index in [1.807, 2.05) is 62.4 Å². The quantitative estimate of drug-likeness (QED) is 0.0968. The molecule has 0 unspecified atom stereocenters. The van der Waals surface area contributed by atoms with E-state index in [0.717, 1.165) is 16.8 Å². The first-order valence-corrected chi connectivity index (χ1v) is 12.4. The molecule has 0 atom stereocenters. The first-order chi connectivity index (χ1) is 18.3. The Labute approximate surface area is 229 Å². The summed E-state index contributed by atoms with van der Waals surface area (Å²) < 4.78 is 0. The van der Waals surface area contributed by atoms with Crippen LogP contribution < -0.4 is 10.6 Å². The van der Waals surface area contributed by atoms with Crippen molar-refractivity contribution in [3.63, 3.8) is 0 Å². The number of fused-ring (bicyclic) bond motifs is 1. The summed E-state index contributed by atoms with van der Waals surface area (Å²) in [4.78, 5) is 13.4. The number of hydrogen-bond donors (Lipinski definition) is 6. The van der Waals surface area contributed by atoms with Crippen molar-refractivity contribution in [2.75, 3.05) is 10.6 Å². The molecule has 4 aromatic carbocycles. The maximum Gasteiger partial charge on any atom is 0.320 e. The number of anilines is 4. The van der Waals surface area contributed by atoms with Gasteiger partial charge < -0.3 is 20.8 Å². The molecule has 0 aliphatic heterocycles. The fourth-order valence-electron chi connectivity index (χ4n) is 3.89. The van der Waals surface area contributed by atoms with Crippen LogP contribution >= 0.6 is 25.3 Å². The highest BCUT2D eigenvalue weighted by atomic mass is 32.1. The van der Waals surface area contributed by atoms with Crippen LogP contribution in [0.2, 0.25) is 0 Å². The summed E-state index contributed by atoms with van der Waals surface area (Å²) in [5.74, 6) is 0.0821. The van der Waals surface area contributed by atoms with E-state index in [-0.39, 0.29) is 23.3 Å². The summed E-state index contributed by atoms with van der Waals surface area (Å²) in [5.41, 5.74) is 4.05. The van der Waals surface area contributed by atoms with Crippen molar-refractivity contribution in [1.82, 2.24) is 15.0 Å². The number of hydrogen-bond acceptors (Lipinski definition) is 11. The summed E-state index contributed by atoms with van der Waals surface area (Å²) in [6, 6.07) is 20.0. The number of nitrogens with one attached hydrogen (secondary N) is 2. The van der Waals surface area contributed by atoms with Crippen LogP contribution in [-0.2, 0) is 0 Å². The van der Waals surface area contributed by atoms with Crippen molar-refractivity contribution in [1.29, 1.82) is 0 Å². The van der Waals surface area contributed by atoms with Gasteiger partial charge in [-0.05, 0) is 60.7 Å². The molecule has 11 heteroatoms. The molecule has 0 amide bonds. The Morgan fingerprint density at radius 1 is 0.737 bits per heavy atom. The molecule has 190 valence electrons. The van der Waals surface area contributed by atoms with Gasteiger partial charge in [-0.3, -0.25) is 0 Å². The molecular formula is C27H23N7O2S2. The van der Waals surface area contributed by atoms with Crippen molar-refractivity contribution in [3.8, 4) is 11.8 Å². The van der Waals surface area contributed by atoms with Crippen LogP contribution in [0.5, 0.6) is 11.8 Å². The smallest absolute Gasteiger partial charge is 0.320 e. The maximum absolute atomic E-state index is 11.3. The average molecular weight is 542 g/mol. The summed E-state index contributed by atoms with van der Waals surface area (Å²) in [7, 11) is 0. The predicted molar refractivity (Wildman–Crippen MR) is 155 cm³/mol. The summed E-state index contributed by atoms with van der Waals surface area (Å²) in [6.45, 7) is 3.87. The van der Waals surface area contributed by atoms with Crippen LogP contribution in [0, 0.1) is 13.8 Å². The molecular weight excluding hydrogens is 518 g/mol. The number of phenols is 1. The van der Waals surface area contributed by atoms with Crippen LogP contribution in [0.15, 0.2) is 86.7 Å². The van der Waals surface area contributed by atoms with E-state index in [2.05, 4.69) is 61.1 Å². The zero-order chi connectivity index (χ0) is 26.8. The topological polar surface area (TPSA) is 128 Å². The summed E-state index contributed by atoms with van der Waals surface area (Å²) in [5, 5.41) is 37.3. The minimum atomic E-state index is -0.473. The van der Waals surface area contributed by atoms with E-state index in [4.69, 9.17) is 0 Å². The molecule has 0 aliphatic rings. The van der Waals surface area contributed by atoms with E-state index in [9.17, 15) is 10.2 Å². The molecule has 0 saturated heterocycles. The van der Waals surface area contributed by atoms with Crippen molar-refractivity contribution >= 4 is 70.7 Å². The van der Waals surface area contributed by atoms with Crippen LogP contribution in [0.25, 0.3) is 10.8 Å². The number of thiol groups is 2. The lowest BCUT2D eigenvalue weighted by molar-refractivity contribution is 0.430. The Morgan fingerprint density at radius 3 is 2.11 bits per heavy atom. The zero-order valence-corrected chi connectivity index (χ0v) is 22.2. The summed E-state index contributed by atoms with van der Waals surface area (Å²) >= 11 is 9.04. The number of aromatic hydroxyl groups is 2. The van der Waals surface area contributed by atoms with Gasteiger partial charge in [0.15, 0.2) is 5.75 Å². The number of rotatable bonds is 6. The number of aryl methyl sites for hydroxylation is 2. The highest BCUT2D eigenvalue weighted by Crippen LogP contribution is 2.45. The lowest BCUT2D eigenvalue weighted by Gasteiger charge is -2.14. The SMILES string of the molecule is Cc1ccccc1N=Nc1c(S)cc2cc(S)cc(Nc3nc(O)nc(Nc4ccccc4C)n3)c2c1O. The third kappa shape index (κ3) is 5.34. The Hall–Kier alpha value is -4.35. The van der Waals surface area contributed by atoms with Crippen molar-refractivity contribution in [3.05, 3.63) is 77.9 Å². The van der Waals surface area contributed by atoms with Gasteiger partial charge in [-0.2, -0.15) is 20.1 Å². The van der Waals surface area contributed by atoms with E-state index >= 15 is 0 Å². The second kappa shape index (κ2) is 10.6. The second-order valence-corrected chi connectivity index (χ2v) is 9.52. The highest BCUT2D eigenvalue weighted by Gasteiger charge is 2.17. The third-order valence-corrected chi connectivity index (χ3v) is 6.38. The number of phenolic OH excluding ortho intramolecular Hbond substituents is 1. The van der Waals surface area contributed by atoms with E-state index in [1.165, 1.54) is 0 Å². The van der Waals surface area contributed by atoms with E-state index < -0.39 is 6.01 Å². The van der Waals surface area contributed by atoms with Gasteiger partial charge in [-0.15, -0.1) is 30.4 Å². The normalized spacial score (nSPS) is 11.3. The minimum absolute atomic E-state index is 0.0613. The Morgan fingerprint density at radius 2 is 1.39 bits per heavy atom. The van der Waals surface area contributed by atoms with Gasteiger partial charge in [0.2, 0.25) is 11.9 Å². The van der Waals surface area contributed by atoms with Crippen molar-refractivity contribution in [2.24, 2.45) is 10.2 Å². The third-order valence-electron chi connectivity index (χ3n) is 5.78. The standard InChI is InChI=1S/C27H23N7O2S2/c1-14-7-3-5-9-18(14)28-25-30-26(32-27(36)31-25)29-20-13-17(37)11-16-12-21(38)23(24(35)22(16)20)34-33-19-10-6-4-8-15(19)2/h3-13,35,37-38H,1-2H3,(H3,28,29,30,31,32,36). The monoisotopic (exact) mass is 541 g/mol. The largest absolute Gasteiger partial charge is 0.505 e. The molecule has 9 nitrogen and oxygen atoms in total. The lowest BCUT2D eigenvalue weighted by Crippen LogP contribution is -2.04. The zero-order valence-electron chi connectivity index (χ0n) is 20.4. The first kappa shape index (κ1) is 25.3. The fourth-order valence-corrected chi connectivity index (χ4v) is 4.45. The minimum Gasteiger partial charge on any atom is -0.505 e. The van der Waals surface area contributed by atoms with Gasteiger partial charge in [0, 0.05) is 20.9 Å². The molecule has 1 aromatic heterocycles. The van der Waals surface area contributed by atoms with Gasteiger partial charge >= 0.3 is 6.01 Å². The van der Waals surface area contributed by atoms with Gasteiger partial charge in [-0.1, -0.05) is 36.4 Å². The van der Waals surface area contributed by atoms with Gasteiger partial charge in [0.05, 0.1) is 11.4 Å². The molecule has 0 fully saturated rings. The molecule has 1 heterocycles. The second-order valence-electron chi connectivity index (χ2n) is 8.52. The van der Waals surface area contributed by atoms with Crippen LogP contribution in [-0.4, -0.2) is 25.2 Å².